The number of amides is 1. The van der Waals surface area contributed by atoms with E-state index in [1.807, 2.05) is 61.5 Å². The van der Waals surface area contributed by atoms with E-state index in [2.05, 4.69) is 29.5 Å². The number of halogens is 2. The molecule has 1 aliphatic heterocycles. The number of rotatable bonds is 8. The monoisotopic (exact) mass is 571 g/mol. The number of nitrogens with two attached hydrogens (primary N) is 1. The number of benzene rings is 2. The number of carbonyl (C=O) groups is 1. The van der Waals surface area contributed by atoms with E-state index in [0.29, 0.717) is 23.6 Å². The zero-order chi connectivity index (χ0) is 26.6. The molecule has 1 saturated heterocycles. The molecular weight excluding hydrogens is 533 g/mol. The average Bonchev–Trinajstić information content (AvgIpc) is 3.20. The van der Waals surface area contributed by atoms with Gasteiger partial charge < -0.3 is 19.9 Å². The maximum Gasteiger partial charge on any atom is 0.232 e. The molecule has 2 aromatic carbocycles. The molecular formula is C30H39Cl2N5O2. The standard InChI is InChI=1S/C30H37N5O2.2ClH/c1-5-30(14-6-7-16-34(4)29(30)36)25-9-8-10-27(18-25)37-28-17-23(11-12-24(28)19-32)21(2)35-22(3)33-20-26(35)13-15-31;;/h8-12,17-18,20-21H,5-7,13-16,31H2,1-4H3;2*1H. The minimum atomic E-state index is -0.558. The van der Waals surface area contributed by atoms with Crippen molar-refractivity contribution in [2.75, 3.05) is 20.1 Å². The summed E-state index contributed by atoms with van der Waals surface area (Å²) >= 11 is 0. The second kappa shape index (κ2) is 13.8. The average molecular weight is 573 g/mol. The number of hydrogen-bond acceptors (Lipinski definition) is 5. The topological polar surface area (TPSA) is 97.2 Å². The zero-order valence-electron chi connectivity index (χ0n) is 23.1. The quantitative estimate of drug-likeness (QED) is 0.352. The van der Waals surface area contributed by atoms with Crippen LogP contribution in [0.5, 0.6) is 11.5 Å². The van der Waals surface area contributed by atoms with Crippen LogP contribution in [0.15, 0.2) is 48.7 Å². The number of ether oxygens (including phenoxy) is 1. The normalized spacial score (nSPS) is 17.8. The summed E-state index contributed by atoms with van der Waals surface area (Å²) in [6, 6.07) is 15.8. The first-order chi connectivity index (χ1) is 17.8. The summed E-state index contributed by atoms with van der Waals surface area (Å²) in [5, 5.41) is 9.79. The minimum absolute atomic E-state index is 0. The van der Waals surface area contributed by atoms with Gasteiger partial charge in [-0.25, -0.2) is 4.98 Å². The SMILES string of the molecule is CCC1(c2cccc(Oc3cc(C(C)n4c(CCN)cnc4C)ccc3C#N)c2)CCCCN(C)C1=O.Cl.Cl. The highest BCUT2D eigenvalue weighted by atomic mass is 35.5. The van der Waals surface area contributed by atoms with Gasteiger partial charge in [-0.05, 0) is 75.0 Å². The van der Waals surface area contributed by atoms with Crippen LogP contribution in [0.3, 0.4) is 0 Å². The van der Waals surface area contributed by atoms with Gasteiger partial charge in [0.15, 0.2) is 0 Å². The Labute approximate surface area is 244 Å². The highest BCUT2D eigenvalue weighted by Crippen LogP contribution is 2.39. The van der Waals surface area contributed by atoms with Gasteiger partial charge in [0.2, 0.25) is 5.91 Å². The predicted octanol–water partition coefficient (Wildman–Crippen LogP) is 6.10. The molecule has 1 aliphatic rings. The third kappa shape index (κ3) is 6.41. The Morgan fingerprint density at radius 3 is 2.67 bits per heavy atom. The van der Waals surface area contributed by atoms with Crippen LogP contribution in [0, 0.1) is 18.3 Å². The van der Waals surface area contributed by atoms with E-state index in [1.54, 1.807) is 6.07 Å². The van der Waals surface area contributed by atoms with Gasteiger partial charge >= 0.3 is 0 Å². The zero-order valence-corrected chi connectivity index (χ0v) is 24.8. The first kappa shape index (κ1) is 32.2. The van der Waals surface area contributed by atoms with Crippen molar-refractivity contribution in [3.63, 3.8) is 0 Å². The molecule has 3 aromatic rings. The van der Waals surface area contributed by atoms with E-state index in [4.69, 9.17) is 10.5 Å². The molecule has 0 spiro atoms. The van der Waals surface area contributed by atoms with Crippen molar-refractivity contribution in [1.82, 2.24) is 14.5 Å². The molecule has 0 aliphatic carbocycles. The second-order valence-electron chi connectivity index (χ2n) is 10.00. The van der Waals surface area contributed by atoms with E-state index in [0.717, 1.165) is 61.3 Å². The molecule has 7 nitrogen and oxygen atoms in total. The van der Waals surface area contributed by atoms with Gasteiger partial charge in [-0.1, -0.05) is 31.5 Å². The molecule has 0 saturated carbocycles. The highest BCUT2D eigenvalue weighted by molar-refractivity contribution is 5.88. The summed E-state index contributed by atoms with van der Waals surface area (Å²) in [4.78, 5) is 19.8. The molecule has 2 N–H and O–H groups in total. The largest absolute Gasteiger partial charge is 0.456 e. The summed E-state index contributed by atoms with van der Waals surface area (Å²) in [6.45, 7) is 7.52. The van der Waals surface area contributed by atoms with Crippen molar-refractivity contribution in [2.45, 2.75) is 64.3 Å². The van der Waals surface area contributed by atoms with Gasteiger partial charge in [-0.2, -0.15) is 5.26 Å². The van der Waals surface area contributed by atoms with Crippen molar-refractivity contribution in [1.29, 1.82) is 5.26 Å². The highest BCUT2D eigenvalue weighted by Gasteiger charge is 2.41. The first-order valence-electron chi connectivity index (χ1n) is 13.2. The van der Waals surface area contributed by atoms with Crippen molar-refractivity contribution in [3.05, 3.63) is 76.9 Å². The molecule has 4 rings (SSSR count). The second-order valence-corrected chi connectivity index (χ2v) is 10.00. The van der Waals surface area contributed by atoms with Crippen molar-refractivity contribution in [2.24, 2.45) is 5.73 Å². The van der Waals surface area contributed by atoms with E-state index in [1.165, 1.54) is 0 Å². The van der Waals surface area contributed by atoms with Gasteiger partial charge in [-0.3, -0.25) is 4.79 Å². The molecule has 0 radical (unpaired) electrons. The Balaban J connectivity index is 0.00000267. The third-order valence-electron chi connectivity index (χ3n) is 7.78. The molecule has 2 atom stereocenters. The van der Waals surface area contributed by atoms with Crippen LogP contribution in [-0.4, -0.2) is 40.5 Å². The van der Waals surface area contributed by atoms with Crippen LogP contribution >= 0.6 is 24.8 Å². The van der Waals surface area contributed by atoms with Crippen LogP contribution < -0.4 is 10.5 Å². The number of imidazole rings is 1. The lowest BCUT2D eigenvalue weighted by Gasteiger charge is -2.33. The summed E-state index contributed by atoms with van der Waals surface area (Å²) in [6.07, 6.45) is 6.19. The Hall–Kier alpha value is -3.05. The molecule has 1 amide bonds. The Morgan fingerprint density at radius 2 is 1.97 bits per heavy atom. The summed E-state index contributed by atoms with van der Waals surface area (Å²) in [7, 11) is 1.89. The summed E-state index contributed by atoms with van der Waals surface area (Å²) in [5.74, 6) is 2.20. The van der Waals surface area contributed by atoms with Crippen LogP contribution in [0.1, 0.15) is 73.8 Å². The molecule has 1 aromatic heterocycles. The summed E-state index contributed by atoms with van der Waals surface area (Å²) < 4.78 is 8.52. The molecule has 2 heterocycles. The van der Waals surface area contributed by atoms with E-state index < -0.39 is 5.41 Å². The summed E-state index contributed by atoms with van der Waals surface area (Å²) in [5.41, 5.74) is 8.77. The van der Waals surface area contributed by atoms with Crippen LogP contribution in [-0.2, 0) is 16.6 Å². The fraction of sp³-hybridized carbons (Fsp3) is 0.433. The smallest absolute Gasteiger partial charge is 0.232 e. The maximum absolute atomic E-state index is 13.4. The molecule has 2 unspecified atom stereocenters. The lowest BCUT2D eigenvalue weighted by molar-refractivity contribution is -0.135. The Morgan fingerprint density at radius 1 is 1.21 bits per heavy atom. The van der Waals surface area contributed by atoms with Crippen LogP contribution in [0.2, 0.25) is 0 Å². The van der Waals surface area contributed by atoms with Gasteiger partial charge in [0.25, 0.3) is 0 Å². The van der Waals surface area contributed by atoms with Crippen LogP contribution in [0.4, 0.5) is 0 Å². The number of likely N-dealkylation sites (tertiary alicyclic amines) is 1. The Bertz CT molecular complexity index is 1320. The van der Waals surface area contributed by atoms with Gasteiger partial charge in [0.05, 0.1) is 17.0 Å². The van der Waals surface area contributed by atoms with Crippen molar-refractivity contribution < 1.29 is 9.53 Å². The van der Waals surface area contributed by atoms with Gasteiger partial charge in [0, 0.05) is 31.9 Å². The lowest BCUT2D eigenvalue weighted by Crippen LogP contribution is -2.43. The first-order valence-corrected chi connectivity index (χ1v) is 13.2. The number of carbonyl (C=O) groups excluding carboxylic acids is 1. The number of aryl methyl sites for hydroxylation is 1. The van der Waals surface area contributed by atoms with E-state index in [9.17, 15) is 10.1 Å². The van der Waals surface area contributed by atoms with E-state index >= 15 is 0 Å². The third-order valence-corrected chi connectivity index (χ3v) is 7.78. The van der Waals surface area contributed by atoms with E-state index in [-0.39, 0.29) is 36.8 Å². The number of hydrogen-bond donors (Lipinski definition) is 1. The van der Waals surface area contributed by atoms with Gasteiger partial charge in [0.1, 0.15) is 23.4 Å². The predicted molar refractivity (Wildman–Crippen MR) is 159 cm³/mol. The fourth-order valence-corrected chi connectivity index (χ4v) is 5.62. The fourth-order valence-electron chi connectivity index (χ4n) is 5.62. The number of aromatic nitrogens is 2. The molecule has 39 heavy (non-hydrogen) atoms. The molecule has 0 bridgehead atoms. The maximum atomic E-state index is 13.4. The molecule has 1 fully saturated rings. The number of nitrogens with zero attached hydrogens (tertiary/aromatic N) is 4. The van der Waals surface area contributed by atoms with Crippen molar-refractivity contribution in [3.8, 4) is 17.6 Å². The molecule has 210 valence electrons. The lowest BCUT2D eigenvalue weighted by atomic mass is 9.73. The Kier molecular flexibility index (Phi) is 11.4. The number of nitriles is 1. The van der Waals surface area contributed by atoms with Crippen LogP contribution in [0.25, 0.3) is 0 Å². The molecule has 9 heteroatoms. The van der Waals surface area contributed by atoms with Crippen molar-refractivity contribution >= 4 is 30.7 Å². The minimum Gasteiger partial charge on any atom is -0.456 e. The van der Waals surface area contributed by atoms with Gasteiger partial charge in [-0.15, -0.1) is 24.8 Å². The number of likely N-dealkylation sites (N-methyl/N-ethyl adjacent to an activating group) is 1.